The standard InChI is InChI=1S/C34H48N2O7/c1-8-42-30-15-11-13-24-23(30)18-26(35-24)28(38)17-22(19-33(2,3)4)31(40)36-25(16-21-12-9-10-14-27(21)37)29(39)20-43-32(41)34(5,6)7/h11,13,15,18,21-22,25,35H,8-10,12,14,16-17,19-20H2,1-7H3,(H,36,40)/t21-,22-,25-/m0/s1. The molecule has 1 aliphatic carbocycles. The van der Waals surface area contributed by atoms with Gasteiger partial charge in [-0.05, 0) is 77.0 Å². The van der Waals surface area contributed by atoms with Crippen molar-refractivity contribution in [3.05, 3.63) is 30.0 Å². The Hall–Kier alpha value is -3.49. The molecule has 0 spiro atoms. The summed E-state index contributed by atoms with van der Waals surface area (Å²) in [5.74, 6) is -1.98. The largest absolute Gasteiger partial charge is 0.493 e. The molecular weight excluding hydrogens is 548 g/mol. The van der Waals surface area contributed by atoms with E-state index in [1.54, 1.807) is 26.8 Å². The zero-order valence-electron chi connectivity index (χ0n) is 26.8. The van der Waals surface area contributed by atoms with Crippen molar-refractivity contribution in [2.75, 3.05) is 13.2 Å². The number of nitrogens with one attached hydrogen (secondary N) is 2. The molecule has 1 fully saturated rings. The fourth-order valence-corrected chi connectivity index (χ4v) is 5.49. The Morgan fingerprint density at radius 3 is 2.42 bits per heavy atom. The van der Waals surface area contributed by atoms with Crippen LogP contribution in [-0.4, -0.2) is 53.5 Å². The number of esters is 1. The second-order valence-electron chi connectivity index (χ2n) is 13.9. The van der Waals surface area contributed by atoms with Crippen LogP contribution in [0.25, 0.3) is 10.9 Å². The molecule has 3 atom stereocenters. The molecule has 1 saturated carbocycles. The molecule has 1 aliphatic rings. The van der Waals surface area contributed by atoms with Crippen LogP contribution in [0.4, 0.5) is 0 Å². The van der Waals surface area contributed by atoms with E-state index in [9.17, 15) is 24.0 Å². The summed E-state index contributed by atoms with van der Waals surface area (Å²) in [4.78, 5) is 68.8. The highest BCUT2D eigenvalue weighted by atomic mass is 16.5. The Morgan fingerprint density at radius 1 is 1.07 bits per heavy atom. The summed E-state index contributed by atoms with van der Waals surface area (Å²) < 4.78 is 11.0. The van der Waals surface area contributed by atoms with Crippen molar-refractivity contribution >= 4 is 40.1 Å². The number of fused-ring (bicyclic) bond motifs is 1. The first-order valence-electron chi connectivity index (χ1n) is 15.4. The van der Waals surface area contributed by atoms with E-state index in [4.69, 9.17) is 9.47 Å². The van der Waals surface area contributed by atoms with Gasteiger partial charge in [0.2, 0.25) is 5.91 Å². The third-order valence-electron chi connectivity index (χ3n) is 7.75. The Bertz CT molecular complexity index is 1330. The Kier molecular flexibility index (Phi) is 11.3. The highest BCUT2D eigenvalue weighted by Crippen LogP contribution is 2.31. The molecule has 2 N–H and O–H groups in total. The van der Waals surface area contributed by atoms with Crippen LogP contribution in [0.1, 0.15) is 104 Å². The number of H-pyrrole nitrogens is 1. The van der Waals surface area contributed by atoms with Gasteiger partial charge in [0.05, 0.1) is 23.8 Å². The number of carbonyl (C=O) groups excluding carboxylic acids is 5. The topological polar surface area (TPSA) is 132 Å². The normalized spacial score (nSPS) is 17.3. The number of aromatic amines is 1. The van der Waals surface area contributed by atoms with E-state index < -0.39 is 41.6 Å². The van der Waals surface area contributed by atoms with Crippen LogP contribution in [0.15, 0.2) is 24.3 Å². The predicted molar refractivity (Wildman–Crippen MR) is 165 cm³/mol. The molecule has 1 amide bonds. The summed E-state index contributed by atoms with van der Waals surface area (Å²) >= 11 is 0. The molecule has 3 rings (SSSR count). The molecule has 0 bridgehead atoms. The quantitative estimate of drug-likeness (QED) is 0.215. The third kappa shape index (κ3) is 9.76. The molecular formula is C34H48N2O7. The van der Waals surface area contributed by atoms with Crippen molar-refractivity contribution in [3.63, 3.8) is 0 Å². The van der Waals surface area contributed by atoms with E-state index in [1.807, 2.05) is 45.9 Å². The molecule has 2 aromatic rings. The van der Waals surface area contributed by atoms with Gasteiger partial charge in [0.15, 0.2) is 18.2 Å². The second kappa shape index (κ2) is 14.3. The lowest BCUT2D eigenvalue weighted by molar-refractivity contribution is -0.156. The smallest absolute Gasteiger partial charge is 0.311 e. The van der Waals surface area contributed by atoms with Crippen molar-refractivity contribution in [2.45, 2.75) is 99.5 Å². The molecule has 9 nitrogen and oxygen atoms in total. The molecule has 0 unspecified atom stereocenters. The van der Waals surface area contributed by atoms with Gasteiger partial charge in [-0.3, -0.25) is 24.0 Å². The number of Topliss-reactive ketones (excluding diaryl/α,β-unsaturated/α-hetero) is 3. The van der Waals surface area contributed by atoms with Gasteiger partial charge in [0, 0.05) is 35.6 Å². The van der Waals surface area contributed by atoms with Gasteiger partial charge in [-0.25, -0.2) is 0 Å². The van der Waals surface area contributed by atoms with Gasteiger partial charge in [0.1, 0.15) is 11.5 Å². The lowest BCUT2D eigenvalue weighted by Crippen LogP contribution is -2.48. The summed E-state index contributed by atoms with van der Waals surface area (Å²) in [6, 6.07) is 6.30. The van der Waals surface area contributed by atoms with Gasteiger partial charge >= 0.3 is 5.97 Å². The first kappa shape index (κ1) is 34.0. The minimum Gasteiger partial charge on any atom is -0.493 e. The van der Waals surface area contributed by atoms with Crippen molar-refractivity contribution in [3.8, 4) is 5.75 Å². The van der Waals surface area contributed by atoms with Crippen LogP contribution < -0.4 is 10.1 Å². The Labute approximate surface area is 254 Å². The Morgan fingerprint density at radius 2 is 1.79 bits per heavy atom. The lowest BCUT2D eigenvalue weighted by atomic mass is 9.80. The maximum Gasteiger partial charge on any atom is 0.311 e. The minimum atomic E-state index is -1.01. The zero-order valence-corrected chi connectivity index (χ0v) is 26.8. The molecule has 43 heavy (non-hydrogen) atoms. The highest BCUT2D eigenvalue weighted by molar-refractivity contribution is 6.02. The summed E-state index contributed by atoms with van der Waals surface area (Å²) in [5, 5.41) is 3.65. The number of hydrogen-bond donors (Lipinski definition) is 2. The fraction of sp³-hybridized carbons (Fsp3) is 0.618. The Balaban J connectivity index is 1.82. The maximum atomic E-state index is 13.8. The number of ether oxygens (including phenoxy) is 2. The molecule has 0 aliphatic heterocycles. The molecule has 1 heterocycles. The number of carbonyl (C=O) groups is 5. The molecule has 1 aromatic heterocycles. The SMILES string of the molecule is CCOc1cccc2[nH]c(C(=O)C[C@@H](CC(C)(C)C)C(=O)N[C@@H](C[C@@H]3CCCCC3=O)C(=O)COC(=O)C(C)(C)C)cc12. The summed E-state index contributed by atoms with van der Waals surface area (Å²) in [6.07, 6.45) is 3.28. The lowest BCUT2D eigenvalue weighted by Gasteiger charge is -2.29. The van der Waals surface area contributed by atoms with Gasteiger partial charge in [-0.2, -0.15) is 0 Å². The zero-order chi connectivity index (χ0) is 31.9. The molecule has 0 radical (unpaired) electrons. The van der Waals surface area contributed by atoms with E-state index in [0.717, 1.165) is 23.7 Å². The van der Waals surface area contributed by atoms with Crippen molar-refractivity contribution in [1.29, 1.82) is 0 Å². The highest BCUT2D eigenvalue weighted by Gasteiger charge is 2.35. The van der Waals surface area contributed by atoms with Crippen molar-refractivity contribution in [2.24, 2.45) is 22.7 Å². The summed E-state index contributed by atoms with van der Waals surface area (Å²) in [6.45, 7) is 12.9. The van der Waals surface area contributed by atoms with E-state index in [1.165, 1.54) is 0 Å². The van der Waals surface area contributed by atoms with Crippen molar-refractivity contribution in [1.82, 2.24) is 10.3 Å². The van der Waals surface area contributed by atoms with Crippen LogP contribution in [0.2, 0.25) is 0 Å². The number of rotatable bonds is 13. The monoisotopic (exact) mass is 596 g/mol. The van der Waals surface area contributed by atoms with E-state index in [-0.39, 0.29) is 35.7 Å². The van der Waals surface area contributed by atoms with Gasteiger partial charge in [0.25, 0.3) is 0 Å². The van der Waals surface area contributed by atoms with Crippen molar-refractivity contribution < 1.29 is 33.4 Å². The second-order valence-corrected chi connectivity index (χ2v) is 13.9. The number of ketones is 3. The van der Waals surface area contributed by atoms with Gasteiger partial charge in [-0.1, -0.05) is 33.3 Å². The molecule has 1 aromatic carbocycles. The van der Waals surface area contributed by atoms with E-state index >= 15 is 0 Å². The number of amides is 1. The number of hydrogen-bond acceptors (Lipinski definition) is 7. The van der Waals surface area contributed by atoms with Gasteiger partial charge in [-0.15, -0.1) is 0 Å². The van der Waals surface area contributed by atoms with E-state index in [2.05, 4.69) is 10.3 Å². The molecule has 0 saturated heterocycles. The maximum absolute atomic E-state index is 13.8. The first-order chi connectivity index (χ1) is 20.1. The average Bonchev–Trinajstić information content (AvgIpc) is 3.36. The summed E-state index contributed by atoms with van der Waals surface area (Å²) in [5.41, 5.74) is 0.0660. The van der Waals surface area contributed by atoms with Crippen LogP contribution in [-0.2, 0) is 23.9 Å². The number of aromatic nitrogens is 1. The molecule has 236 valence electrons. The third-order valence-corrected chi connectivity index (χ3v) is 7.75. The minimum absolute atomic E-state index is 0.0673. The van der Waals surface area contributed by atoms with Crippen LogP contribution >= 0.6 is 0 Å². The van der Waals surface area contributed by atoms with Crippen LogP contribution in [0.5, 0.6) is 5.75 Å². The summed E-state index contributed by atoms with van der Waals surface area (Å²) in [7, 11) is 0. The van der Waals surface area contributed by atoms with E-state index in [0.29, 0.717) is 37.3 Å². The number of benzene rings is 1. The fourth-order valence-electron chi connectivity index (χ4n) is 5.49. The molecule has 9 heteroatoms. The first-order valence-corrected chi connectivity index (χ1v) is 15.4. The predicted octanol–water partition coefficient (Wildman–Crippen LogP) is 5.98. The van der Waals surface area contributed by atoms with Gasteiger partial charge < -0.3 is 19.8 Å². The van der Waals surface area contributed by atoms with Crippen LogP contribution in [0.3, 0.4) is 0 Å². The van der Waals surface area contributed by atoms with Crippen LogP contribution in [0, 0.1) is 22.7 Å². The average molecular weight is 597 g/mol.